The van der Waals surface area contributed by atoms with E-state index in [9.17, 15) is 0 Å². The van der Waals surface area contributed by atoms with E-state index in [1.807, 2.05) is 25.2 Å². The molecule has 74 valence electrons. The zero-order valence-electron chi connectivity index (χ0n) is 8.07. The van der Waals surface area contributed by atoms with Gasteiger partial charge >= 0.3 is 0 Å². The molecule has 0 bridgehead atoms. The van der Waals surface area contributed by atoms with E-state index in [4.69, 9.17) is 0 Å². The third-order valence-electron chi connectivity index (χ3n) is 2.18. The first kappa shape index (κ1) is 9.40. The topological polar surface area (TPSA) is 29.9 Å². The Morgan fingerprint density at radius 2 is 2.21 bits per heavy atom. The summed E-state index contributed by atoms with van der Waals surface area (Å²) in [6.45, 7) is 0.834. The van der Waals surface area contributed by atoms with Gasteiger partial charge in [-0.3, -0.25) is 0 Å². The zero-order valence-corrected chi connectivity index (χ0v) is 8.96. The fourth-order valence-corrected chi connectivity index (χ4v) is 1.58. The monoisotopic (exact) mass is 207 g/mol. The number of aryl methyl sites for hydroxylation is 1. The van der Waals surface area contributed by atoms with E-state index in [-0.39, 0.29) is 0 Å². The van der Waals surface area contributed by atoms with Gasteiger partial charge in [-0.2, -0.15) is 12.6 Å². The quantitative estimate of drug-likeness (QED) is 0.753. The molecule has 2 aromatic rings. The molecular weight excluding hydrogens is 194 g/mol. The van der Waals surface area contributed by atoms with E-state index in [0.29, 0.717) is 0 Å². The number of thiol groups is 1. The molecule has 3 nitrogen and oxygen atoms in total. The summed E-state index contributed by atoms with van der Waals surface area (Å²) in [7, 11) is 2.01. The molecule has 0 unspecified atom stereocenters. The van der Waals surface area contributed by atoms with Crippen LogP contribution >= 0.6 is 12.6 Å². The van der Waals surface area contributed by atoms with Crippen molar-refractivity contribution in [1.29, 1.82) is 0 Å². The van der Waals surface area contributed by atoms with Crippen molar-refractivity contribution >= 4 is 29.6 Å². The summed E-state index contributed by atoms with van der Waals surface area (Å²) in [5.74, 6) is 1.71. The number of benzene rings is 1. The molecule has 0 amide bonds. The van der Waals surface area contributed by atoms with Gasteiger partial charge in [0.1, 0.15) is 0 Å². The molecule has 0 saturated carbocycles. The number of nitrogens with one attached hydrogen (secondary N) is 1. The minimum atomic E-state index is 0.809. The maximum Gasteiger partial charge on any atom is 0.203 e. The summed E-state index contributed by atoms with van der Waals surface area (Å²) in [6, 6.07) is 8.10. The molecule has 0 saturated heterocycles. The summed E-state index contributed by atoms with van der Waals surface area (Å²) >= 11 is 4.15. The fourth-order valence-electron chi connectivity index (χ4n) is 1.47. The Balaban J connectivity index is 2.41. The Labute approximate surface area is 88.6 Å². The molecule has 2 rings (SSSR count). The summed E-state index contributed by atoms with van der Waals surface area (Å²) in [6.07, 6.45) is 0. The van der Waals surface area contributed by atoms with Gasteiger partial charge in [0.05, 0.1) is 11.0 Å². The van der Waals surface area contributed by atoms with E-state index in [2.05, 4.69) is 33.6 Å². The number of aromatic nitrogens is 2. The average molecular weight is 207 g/mol. The lowest BCUT2D eigenvalue weighted by Gasteiger charge is -2.03. The van der Waals surface area contributed by atoms with Crippen LogP contribution in [0.5, 0.6) is 0 Å². The van der Waals surface area contributed by atoms with Crippen molar-refractivity contribution in [3.8, 4) is 0 Å². The number of hydrogen-bond acceptors (Lipinski definition) is 3. The van der Waals surface area contributed by atoms with Crippen LogP contribution < -0.4 is 5.32 Å². The van der Waals surface area contributed by atoms with Gasteiger partial charge in [0.2, 0.25) is 5.95 Å². The van der Waals surface area contributed by atoms with Crippen LogP contribution in [-0.2, 0) is 7.05 Å². The van der Waals surface area contributed by atoms with Crippen LogP contribution in [0.3, 0.4) is 0 Å². The Morgan fingerprint density at radius 1 is 1.43 bits per heavy atom. The fraction of sp³-hybridized carbons (Fsp3) is 0.300. The Kier molecular flexibility index (Phi) is 2.63. The van der Waals surface area contributed by atoms with Gasteiger partial charge in [0, 0.05) is 19.3 Å². The highest BCUT2D eigenvalue weighted by Gasteiger charge is 2.04. The van der Waals surface area contributed by atoms with Crippen LogP contribution in [0.1, 0.15) is 0 Å². The van der Waals surface area contributed by atoms with Crippen molar-refractivity contribution in [1.82, 2.24) is 9.55 Å². The molecule has 0 aliphatic carbocycles. The zero-order chi connectivity index (χ0) is 9.97. The van der Waals surface area contributed by atoms with E-state index >= 15 is 0 Å². The molecule has 0 aliphatic heterocycles. The molecule has 0 aliphatic rings. The molecule has 0 radical (unpaired) electrons. The molecule has 0 atom stereocenters. The van der Waals surface area contributed by atoms with Gasteiger partial charge in [-0.05, 0) is 12.1 Å². The van der Waals surface area contributed by atoms with E-state index < -0.39 is 0 Å². The first-order valence-electron chi connectivity index (χ1n) is 4.59. The Hall–Kier alpha value is -1.16. The number of imidazole rings is 1. The number of hydrogen-bond donors (Lipinski definition) is 2. The first-order chi connectivity index (χ1) is 6.83. The van der Waals surface area contributed by atoms with Crippen molar-refractivity contribution < 1.29 is 0 Å². The van der Waals surface area contributed by atoms with Crippen LogP contribution in [0.2, 0.25) is 0 Å². The number of rotatable bonds is 3. The summed E-state index contributed by atoms with van der Waals surface area (Å²) in [4.78, 5) is 4.47. The van der Waals surface area contributed by atoms with Crippen LogP contribution in [0, 0.1) is 0 Å². The van der Waals surface area contributed by atoms with Gasteiger partial charge < -0.3 is 9.88 Å². The smallest absolute Gasteiger partial charge is 0.203 e. The SMILES string of the molecule is Cn1c(NCCS)nc2ccccc21. The van der Waals surface area contributed by atoms with Crippen molar-refractivity contribution in [3.05, 3.63) is 24.3 Å². The molecule has 0 fully saturated rings. The standard InChI is InChI=1S/C10H13N3S/c1-13-9-5-3-2-4-8(9)12-10(13)11-6-7-14/h2-5,14H,6-7H2,1H3,(H,11,12). The predicted octanol–water partition coefficient (Wildman–Crippen LogP) is 1.91. The number of anilines is 1. The largest absolute Gasteiger partial charge is 0.355 e. The minimum absolute atomic E-state index is 0.809. The molecule has 4 heteroatoms. The second-order valence-electron chi connectivity index (χ2n) is 3.13. The lowest BCUT2D eigenvalue weighted by Crippen LogP contribution is -2.07. The molecule has 1 aromatic carbocycles. The summed E-state index contributed by atoms with van der Waals surface area (Å²) in [5.41, 5.74) is 2.17. The van der Waals surface area contributed by atoms with Gasteiger partial charge in [0.25, 0.3) is 0 Å². The van der Waals surface area contributed by atoms with Crippen LogP contribution in [0.25, 0.3) is 11.0 Å². The van der Waals surface area contributed by atoms with Crippen LogP contribution in [-0.4, -0.2) is 21.8 Å². The Bertz CT molecular complexity index is 436. The predicted molar refractivity (Wildman–Crippen MR) is 63.1 cm³/mol. The highest BCUT2D eigenvalue weighted by atomic mass is 32.1. The molecule has 1 N–H and O–H groups in total. The van der Waals surface area contributed by atoms with Gasteiger partial charge in [-0.25, -0.2) is 4.98 Å². The number of para-hydroxylation sites is 2. The lowest BCUT2D eigenvalue weighted by molar-refractivity contribution is 0.938. The maximum atomic E-state index is 4.47. The van der Waals surface area contributed by atoms with E-state index in [1.165, 1.54) is 0 Å². The summed E-state index contributed by atoms with van der Waals surface area (Å²) in [5, 5.41) is 3.23. The average Bonchev–Trinajstić information content (AvgIpc) is 2.54. The molecule has 1 heterocycles. The normalized spacial score (nSPS) is 10.7. The van der Waals surface area contributed by atoms with Crippen LogP contribution in [0.4, 0.5) is 5.95 Å². The van der Waals surface area contributed by atoms with Gasteiger partial charge in [-0.1, -0.05) is 12.1 Å². The third-order valence-corrected chi connectivity index (χ3v) is 2.41. The highest BCUT2D eigenvalue weighted by Crippen LogP contribution is 2.16. The van der Waals surface area contributed by atoms with Crippen LogP contribution in [0.15, 0.2) is 24.3 Å². The third kappa shape index (κ3) is 1.57. The Morgan fingerprint density at radius 3 is 2.93 bits per heavy atom. The minimum Gasteiger partial charge on any atom is -0.355 e. The van der Waals surface area contributed by atoms with Crippen molar-refractivity contribution in [2.45, 2.75) is 0 Å². The van der Waals surface area contributed by atoms with Crippen molar-refractivity contribution in [3.63, 3.8) is 0 Å². The molecule has 1 aromatic heterocycles. The summed E-state index contributed by atoms with van der Waals surface area (Å²) < 4.78 is 2.05. The van der Waals surface area contributed by atoms with Gasteiger partial charge in [-0.15, -0.1) is 0 Å². The first-order valence-corrected chi connectivity index (χ1v) is 5.22. The van der Waals surface area contributed by atoms with E-state index in [0.717, 1.165) is 29.3 Å². The highest BCUT2D eigenvalue weighted by molar-refractivity contribution is 7.80. The number of nitrogens with zero attached hydrogens (tertiary/aromatic N) is 2. The molecule has 14 heavy (non-hydrogen) atoms. The molecule has 0 spiro atoms. The molecular formula is C10H13N3S. The van der Waals surface area contributed by atoms with Crippen molar-refractivity contribution in [2.24, 2.45) is 7.05 Å². The second-order valence-corrected chi connectivity index (χ2v) is 3.58. The maximum absolute atomic E-state index is 4.47. The lowest BCUT2D eigenvalue weighted by atomic mass is 10.3. The second kappa shape index (κ2) is 3.92. The van der Waals surface area contributed by atoms with E-state index in [1.54, 1.807) is 0 Å². The number of fused-ring (bicyclic) bond motifs is 1. The van der Waals surface area contributed by atoms with Gasteiger partial charge in [0.15, 0.2) is 0 Å². The van der Waals surface area contributed by atoms with Crippen molar-refractivity contribution in [2.75, 3.05) is 17.6 Å².